The second kappa shape index (κ2) is 10.4. The third kappa shape index (κ3) is 5.51. The van der Waals surface area contributed by atoms with Gasteiger partial charge in [-0.05, 0) is 43.2 Å². The second-order valence-electron chi connectivity index (χ2n) is 6.87. The molecule has 4 rings (SSSR count). The van der Waals surface area contributed by atoms with Crippen molar-refractivity contribution in [3.63, 3.8) is 0 Å². The number of amides is 1. The molecule has 0 aliphatic carbocycles. The molecule has 0 aliphatic heterocycles. The Morgan fingerprint density at radius 3 is 2.69 bits per heavy atom. The summed E-state index contributed by atoms with van der Waals surface area (Å²) in [5.74, 6) is 1.42. The summed E-state index contributed by atoms with van der Waals surface area (Å²) in [4.78, 5) is 12.4. The van der Waals surface area contributed by atoms with Crippen LogP contribution in [-0.2, 0) is 17.8 Å². The summed E-state index contributed by atoms with van der Waals surface area (Å²) >= 11 is 2.68. The Hall–Kier alpha value is -3.24. The standard InChI is InChI=1S/C22H22N6O2S2/c1-3-20-25-26-21(32-20)23-19(29)14-31-22-27-24-18(28(22)16-9-5-4-6-10-16)13-30-17-11-7-8-15(2)12-17/h4-12H,3,13-14H2,1-2H3,(H,23,26,29). The van der Waals surface area contributed by atoms with Crippen molar-refractivity contribution in [3.8, 4) is 11.4 Å². The number of thioether (sulfide) groups is 1. The predicted octanol–water partition coefficient (Wildman–Crippen LogP) is 4.30. The second-order valence-corrected chi connectivity index (χ2v) is 8.87. The molecule has 2 aromatic carbocycles. The van der Waals surface area contributed by atoms with Crippen molar-refractivity contribution in [2.24, 2.45) is 0 Å². The van der Waals surface area contributed by atoms with Gasteiger partial charge in [0.05, 0.1) is 5.75 Å². The average Bonchev–Trinajstić information content (AvgIpc) is 3.43. The molecule has 164 valence electrons. The number of aromatic nitrogens is 5. The first-order valence-electron chi connectivity index (χ1n) is 10.1. The van der Waals surface area contributed by atoms with Crippen molar-refractivity contribution in [2.45, 2.75) is 32.0 Å². The van der Waals surface area contributed by atoms with Crippen molar-refractivity contribution in [1.82, 2.24) is 25.0 Å². The zero-order valence-corrected chi connectivity index (χ0v) is 19.3. The maximum absolute atomic E-state index is 12.4. The van der Waals surface area contributed by atoms with Crippen LogP contribution in [0.15, 0.2) is 59.8 Å². The van der Waals surface area contributed by atoms with Gasteiger partial charge in [-0.3, -0.25) is 14.7 Å². The van der Waals surface area contributed by atoms with Crippen LogP contribution >= 0.6 is 23.1 Å². The Balaban J connectivity index is 1.48. The molecule has 1 N–H and O–H groups in total. The highest BCUT2D eigenvalue weighted by molar-refractivity contribution is 7.99. The van der Waals surface area contributed by atoms with E-state index >= 15 is 0 Å². The maximum Gasteiger partial charge on any atom is 0.236 e. The topological polar surface area (TPSA) is 94.8 Å². The summed E-state index contributed by atoms with van der Waals surface area (Å²) < 4.78 is 7.85. The number of rotatable bonds is 9. The molecule has 4 aromatic rings. The summed E-state index contributed by atoms with van der Waals surface area (Å²) in [5.41, 5.74) is 2.02. The molecule has 0 radical (unpaired) electrons. The van der Waals surface area contributed by atoms with E-state index in [9.17, 15) is 4.79 Å². The van der Waals surface area contributed by atoms with E-state index < -0.39 is 0 Å². The smallest absolute Gasteiger partial charge is 0.236 e. The quantitative estimate of drug-likeness (QED) is 0.368. The SMILES string of the molecule is CCc1nnc(NC(=O)CSc2nnc(COc3cccc(C)c3)n2-c2ccccc2)s1. The molecule has 0 fully saturated rings. The summed E-state index contributed by atoms with van der Waals surface area (Å²) in [6.07, 6.45) is 0.788. The van der Waals surface area contributed by atoms with Gasteiger partial charge in [-0.1, -0.05) is 60.4 Å². The summed E-state index contributed by atoms with van der Waals surface area (Å²) in [6.45, 7) is 4.27. The van der Waals surface area contributed by atoms with E-state index in [1.807, 2.05) is 73.0 Å². The predicted molar refractivity (Wildman–Crippen MR) is 126 cm³/mol. The zero-order valence-electron chi connectivity index (χ0n) is 17.7. The molecule has 0 unspecified atom stereocenters. The van der Waals surface area contributed by atoms with Crippen LogP contribution in [0.5, 0.6) is 5.75 Å². The Labute approximate surface area is 194 Å². The fourth-order valence-electron chi connectivity index (χ4n) is 2.91. The maximum atomic E-state index is 12.4. The van der Waals surface area contributed by atoms with Crippen LogP contribution in [-0.4, -0.2) is 36.6 Å². The fourth-order valence-corrected chi connectivity index (χ4v) is 4.38. The lowest BCUT2D eigenvalue weighted by atomic mass is 10.2. The number of carbonyl (C=O) groups is 1. The van der Waals surface area contributed by atoms with E-state index in [1.165, 1.54) is 23.1 Å². The molecular formula is C22H22N6O2S2. The molecule has 8 nitrogen and oxygen atoms in total. The number of carbonyl (C=O) groups excluding carboxylic acids is 1. The third-order valence-corrected chi connectivity index (χ3v) is 6.33. The lowest BCUT2D eigenvalue weighted by Gasteiger charge is -2.11. The number of para-hydroxylation sites is 1. The summed E-state index contributed by atoms with van der Waals surface area (Å²) in [7, 11) is 0. The lowest BCUT2D eigenvalue weighted by Crippen LogP contribution is -2.14. The minimum atomic E-state index is -0.172. The average molecular weight is 467 g/mol. The lowest BCUT2D eigenvalue weighted by molar-refractivity contribution is -0.113. The van der Waals surface area contributed by atoms with Gasteiger partial charge in [0.15, 0.2) is 11.0 Å². The molecule has 0 atom stereocenters. The molecule has 1 amide bonds. The third-order valence-electron chi connectivity index (χ3n) is 4.42. The number of ether oxygens (including phenoxy) is 1. The van der Waals surface area contributed by atoms with Crippen molar-refractivity contribution < 1.29 is 9.53 Å². The van der Waals surface area contributed by atoms with Gasteiger partial charge in [-0.15, -0.1) is 20.4 Å². The Morgan fingerprint density at radius 1 is 1.09 bits per heavy atom. The number of anilines is 1. The monoisotopic (exact) mass is 466 g/mol. The molecular weight excluding hydrogens is 444 g/mol. The van der Waals surface area contributed by atoms with Gasteiger partial charge >= 0.3 is 0 Å². The number of benzene rings is 2. The van der Waals surface area contributed by atoms with Crippen molar-refractivity contribution in [2.75, 3.05) is 11.1 Å². The molecule has 0 saturated carbocycles. The Morgan fingerprint density at radius 2 is 1.94 bits per heavy atom. The molecule has 2 heterocycles. The van der Waals surface area contributed by atoms with Crippen LogP contribution in [0, 0.1) is 6.92 Å². The number of aryl methyl sites for hydroxylation is 2. The van der Waals surface area contributed by atoms with E-state index in [-0.39, 0.29) is 18.3 Å². The minimum Gasteiger partial charge on any atom is -0.486 e. The van der Waals surface area contributed by atoms with Gasteiger partial charge in [0, 0.05) is 5.69 Å². The molecule has 2 aromatic heterocycles. The Bertz CT molecular complexity index is 1190. The van der Waals surface area contributed by atoms with Gasteiger partial charge in [-0.2, -0.15) is 0 Å². The molecule has 32 heavy (non-hydrogen) atoms. The van der Waals surface area contributed by atoms with E-state index in [2.05, 4.69) is 25.7 Å². The fraction of sp³-hybridized carbons (Fsp3) is 0.227. The highest BCUT2D eigenvalue weighted by atomic mass is 32.2. The minimum absolute atomic E-state index is 0.171. The van der Waals surface area contributed by atoms with Gasteiger partial charge in [0.2, 0.25) is 11.0 Å². The van der Waals surface area contributed by atoms with Crippen LogP contribution in [0.3, 0.4) is 0 Å². The van der Waals surface area contributed by atoms with Crippen molar-refractivity contribution in [3.05, 3.63) is 71.0 Å². The number of nitrogens with zero attached hydrogens (tertiary/aromatic N) is 5. The Kier molecular flexibility index (Phi) is 7.13. The van der Waals surface area contributed by atoms with Gasteiger partial charge < -0.3 is 4.74 Å². The van der Waals surface area contributed by atoms with Crippen molar-refractivity contribution in [1.29, 1.82) is 0 Å². The molecule has 10 heteroatoms. The van der Waals surface area contributed by atoms with Crippen LogP contribution in [0.1, 0.15) is 23.3 Å². The molecule has 0 saturated heterocycles. The van der Waals surface area contributed by atoms with E-state index in [4.69, 9.17) is 4.74 Å². The number of hydrogen-bond donors (Lipinski definition) is 1. The van der Waals surface area contributed by atoms with Gasteiger partial charge in [-0.25, -0.2) is 0 Å². The van der Waals surface area contributed by atoms with Crippen LogP contribution in [0.4, 0.5) is 5.13 Å². The first-order valence-corrected chi connectivity index (χ1v) is 11.9. The van der Waals surface area contributed by atoms with Gasteiger partial charge in [0.25, 0.3) is 0 Å². The van der Waals surface area contributed by atoms with E-state index in [0.717, 1.165) is 28.4 Å². The highest BCUT2D eigenvalue weighted by Gasteiger charge is 2.17. The van der Waals surface area contributed by atoms with Gasteiger partial charge in [0.1, 0.15) is 17.4 Å². The molecule has 0 aliphatic rings. The largest absolute Gasteiger partial charge is 0.486 e. The van der Waals surface area contributed by atoms with E-state index in [1.54, 1.807) is 0 Å². The van der Waals surface area contributed by atoms with Crippen molar-refractivity contribution >= 4 is 34.1 Å². The van der Waals surface area contributed by atoms with Crippen LogP contribution < -0.4 is 10.1 Å². The first kappa shape index (κ1) is 22.0. The summed E-state index contributed by atoms with van der Waals surface area (Å²) in [6, 6.07) is 17.6. The molecule has 0 spiro atoms. The highest BCUT2D eigenvalue weighted by Crippen LogP contribution is 2.24. The number of nitrogens with one attached hydrogen (secondary N) is 1. The van der Waals surface area contributed by atoms with Crippen LogP contribution in [0.25, 0.3) is 5.69 Å². The first-order chi connectivity index (χ1) is 15.6. The number of hydrogen-bond acceptors (Lipinski definition) is 8. The normalized spacial score (nSPS) is 10.8. The zero-order chi connectivity index (χ0) is 22.3. The van der Waals surface area contributed by atoms with Crippen LogP contribution in [0.2, 0.25) is 0 Å². The molecule has 0 bridgehead atoms. The summed E-state index contributed by atoms with van der Waals surface area (Å²) in [5, 5.41) is 21.4. The van der Waals surface area contributed by atoms with E-state index in [0.29, 0.717) is 16.1 Å².